The lowest BCUT2D eigenvalue weighted by molar-refractivity contribution is -0.0994. The van der Waals surface area contributed by atoms with Gasteiger partial charge in [0.15, 0.2) is 0 Å². The van der Waals surface area contributed by atoms with Crippen molar-refractivity contribution in [1.29, 1.82) is 0 Å². The van der Waals surface area contributed by atoms with Crippen molar-refractivity contribution in [2.45, 2.75) is 45.9 Å². The standard InChI is InChI=1S/C9H19NO4S/c1-5-6(2)9(10-15(11,12)13)8(4)14-7(5)3/h5-10H,1-4H3,(H,11,12,13). The van der Waals surface area contributed by atoms with Crippen LogP contribution in [0.5, 0.6) is 0 Å². The highest BCUT2D eigenvalue weighted by atomic mass is 32.2. The molecule has 1 fully saturated rings. The average molecular weight is 237 g/mol. The number of hydrogen-bond donors (Lipinski definition) is 2. The summed E-state index contributed by atoms with van der Waals surface area (Å²) in [6.07, 6.45) is -0.123. The van der Waals surface area contributed by atoms with Crippen LogP contribution in [0.2, 0.25) is 0 Å². The van der Waals surface area contributed by atoms with Crippen LogP contribution in [0.25, 0.3) is 0 Å². The molecule has 15 heavy (non-hydrogen) atoms. The number of rotatable bonds is 2. The van der Waals surface area contributed by atoms with Crippen LogP contribution < -0.4 is 4.72 Å². The first-order chi connectivity index (χ1) is 6.72. The monoisotopic (exact) mass is 237 g/mol. The van der Waals surface area contributed by atoms with E-state index in [4.69, 9.17) is 9.29 Å². The number of nitrogens with one attached hydrogen (secondary N) is 1. The molecule has 0 aromatic rings. The Labute approximate surface area is 91.1 Å². The first kappa shape index (κ1) is 12.9. The van der Waals surface area contributed by atoms with Crippen LogP contribution in [-0.2, 0) is 15.0 Å². The second-order valence-electron chi connectivity index (χ2n) is 4.38. The van der Waals surface area contributed by atoms with E-state index in [9.17, 15) is 8.42 Å². The van der Waals surface area contributed by atoms with Crippen molar-refractivity contribution >= 4 is 10.3 Å². The van der Waals surface area contributed by atoms with Crippen molar-refractivity contribution in [2.75, 3.05) is 0 Å². The summed E-state index contributed by atoms with van der Waals surface area (Å²) in [6, 6.07) is -0.369. The van der Waals surface area contributed by atoms with Gasteiger partial charge in [-0.1, -0.05) is 13.8 Å². The van der Waals surface area contributed by atoms with Crippen molar-refractivity contribution in [1.82, 2.24) is 4.72 Å². The van der Waals surface area contributed by atoms with Gasteiger partial charge in [0, 0.05) is 0 Å². The zero-order valence-electron chi connectivity index (χ0n) is 9.47. The topological polar surface area (TPSA) is 75.6 Å². The Bertz CT molecular complexity index is 316. The maximum Gasteiger partial charge on any atom is 0.333 e. The molecule has 1 aliphatic heterocycles. The highest BCUT2D eigenvalue weighted by Crippen LogP contribution is 2.30. The van der Waals surface area contributed by atoms with Crippen LogP contribution in [0.4, 0.5) is 0 Å². The molecule has 0 spiro atoms. The first-order valence-electron chi connectivity index (χ1n) is 5.12. The normalized spacial score (nSPS) is 42.9. The molecule has 5 nitrogen and oxygen atoms in total. The van der Waals surface area contributed by atoms with Crippen molar-refractivity contribution in [2.24, 2.45) is 11.8 Å². The molecule has 1 rings (SSSR count). The maximum atomic E-state index is 10.8. The zero-order valence-corrected chi connectivity index (χ0v) is 10.3. The van der Waals surface area contributed by atoms with E-state index in [1.165, 1.54) is 0 Å². The summed E-state index contributed by atoms with van der Waals surface area (Å²) in [7, 11) is -4.16. The minimum Gasteiger partial charge on any atom is -0.374 e. The van der Waals surface area contributed by atoms with Crippen molar-refractivity contribution in [3.05, 3.63) is 0 Å². The van der Waals surface area contributed by atoms with Gasteiger partial charge in [0.25, 0.3) is 0 Å². The molecule has 0 aromatic heterocycles. The van der Waals surface area contributed by atoms with Crippen LogP contribution in [0.15, 0.2) is 0 Å². The summed E-state index contributed by atoms with van der Waals surface area (Å²) in [4.78, 5) is 0. The Balaban J connectivity index is 2.79. The molecule has 5 atom stereocenters. The molecule has 5 unspecified atom stereocenters. The van der Waals surface area contributed by atoms with E-state index in [-0.39, 0.29) is 30.1 Å². The number of ether oxygens (including phenoxy) is 1. The van der Waals surface area contributed by atoms with Gasteiger partial charge in [-0.25, -0.2) is 0 Å². The average Bonchev–Trinajstić information content (AvgIpc) is 2.07. The van der Waals surface area contributed by atoms with Crippen molar-refractivity contribution in [3.8, 4) is 0 Å². The lowest BCUT2D eigenvalue weighted by Gasteiger charge is -2.42. The molecule has 0 radical (unpaired) electrons. The highest BCUT2D eigenvalue weighted by molar-refractivity contribution is 7.83. The predicted octanol–water partition coefficient (Wildman–Crippen LogP) is 0.827. The third-order valence-electron chi connectivity index (χ3n) is 3.36. The molecular weight excluding hydrogens is 218 g/mol. The molecule has 6 heteroatoms. The molecule has 90 valence electrons. The van der Waals surface area contributed by atoms with Gasteiger partial charge >= 0.3 is 10.3 Å². The van der Waals surface area contributed by atoms with Gasteiger partial charge in [0.1, 0.15) is 0 Å². The van der Waals surface area contributed by atoms with Gasteiger partial charge in [-0.3, -0.25) is 4.55 Å². The van der Waals surface area contributed by atoms with Crippen LogP contribution in [-0.4, -0.2) is 31.2 Å². The summed E-state index contributed by atoms with van der Waals surface area (Å²) in [5.74, 6) is 0.381. The van der Waals surface area contributed by atoms with Crippen molar-refractivity contribution in [3.63, 3.8) is 0 Å². The molecule has 1 heterocycles. The van der Waals surface area contributed by atoms with Crippen LogP contribution in [0.3, 0.4) is 0 Å². The lowest BCUT2D eigenvalue weighted by Crippen LogP contribution is -2.55. The second kappa shape index (κ2) is 4.37. The number of hydrogen-bond acceptors (Lipinski definition) is 3. The fourth-order valence-electron chi connectivity index (χ4n) is 2.10. The van der Waals surface area contributed by atoms with E-state index in [2.05, 4.69) is 4.72 Å². The van der Waals surface area contributed by atoms with Crippen molar-refractivity contribution < 1.29 is 17.7 Å². The van der Waals surface area contributed by atoms with Gasteiger partial charge in [0.05, 0.1) is 18.2 Å². The zero-order chi connectivity index (χ0) is 11.8. The molecule has 0 aliphatic carbocycles. The van der Waals surface area contributed by atoms with Crippen LogP contribution in [0, 0.1) is 11.8 Å². The Hall–Kier alpha value is -0.170. The van der Waals surface area contributed by atoms with E-state index >= 15 is 0 Å². The fraction of sp³-hybridized carbons (Fsp3) is 1.00. The summed E-state index contributed by atoms with van der Waals surface area (Å²) in [6.45, 7) is 7.76. The molecule has 0 saturated carbocycles. The van der Waals surface area contributed by atoms with E-state index < -0.39 is 10.3 Å². The summed E-state index contributed by atoms with van der Waals surface area (Å²) < 4.78 is 38.1. The van der Waals surface area contributed by atoms with E-state index in [0.717, 1.165) is 0 Å². The fourth-order valence-corrected chi connectivity index (χ4v) is 2.85. The molecule has 0 amide bonds. The largest absolute Gasteiger partial charge is 0.374 e. The summed E-state index contributed by atoms with van der Waals surface area (Å²) in [5, 5.41) is 0. The van der Waals surface area contributed by atoms with Gasteiger partial charge < -0.3 is 4.74 Å². The Morgan fingerprint density at radius 2 is 1.60 bits per heavy atom. The smallest absolute Gasteiger partial charge is 0.333 e. The molecule has 0 aromatic carbocycles. The van der Waals surface area contributed by atoms with Gasteiger partial charge in [-0.05, 0) is 25.7 Å². The van der Waals surface area contributed by atoms with Gasteiger partial charge in [-0.15, -0.1) is 0 Å². The minimum atomic E-state index is -4.16. The maximum absolute atomic E-state index is 10.8. The molecule has 1 saturated heterocycles. The third kappa shape index (κ3) is 3.14. The summed E-state index contributed by atoms with van der Waals surface area (Å²) in [5.41, 5.74) is 0. The molecule has 1 aliphatic rings. The third-order valence-corrected chi connectivity index (χ3v) is 3.93. The van der Waals surface area contributed by atoms with E-state index in [1.807, 2.05) is 27.7 Å². The molecule has 0 bridgehead atoms. The summed E-state index contributed by atoms with van der Waals surface area (Å²) >= 11 is 0. The van der Waals surface area contributed by atoms with Gasteiger partial charge in [0.2, 0.25) is 0 Å². The van der Waals surface area contributed by atoms with Gasteiger partial charge in [-0.2, -0.15) is 13.1 Å². The Morgan fingerprint density at radius 1 is 1.07 bits per heavy atom. The van der Waals surface area contributed by atoms with Crippen LogP contribution in [0.1, 0.15) is 27.7 Å². The molecule has 2 N–H and O–H groups in total. The Kier molecular flexibility index (Phi) is 3.76. The van der Waals surface area contributed by atoms with Crippen LogP contribution >= 0.6 is 0 Å². The van der Waals surface area contributed by atoms with E-state index in [0.29, 0.717) is 0 Å². The van der Waals surface area contributed by atoms with E-state index in [1.54, 1.807) is 0 Å². The highest BCUT2D eigenvalue weighted by Gasteiger charge is 2.38. The Morgan fingerprint density at radius 3 is 2.07 bits per heavy atom. The SMILES string of the molecule is CC1OC(C)C(NS(=O)(=O)O)C(C)C1C. The lowest BCUT2D eigenvalue weighted by atomic mass is 9.81. The predicted molar refractivity (Wildman–Crippen MR) is 56.8 cm³/mol. The second-order valence-corrected chi connectivity index (χ2v) is 5.57. The minimum absolute atomic E-state index is 0.106. The first-order valence-corrected chi connectivity index (χ1v) is 6.56. The quantitative estimate of drug-likeness (QED) is 0.697. The molecular formula is C9H19NO4S.